The summed E-state index contributed by atoms with van der Waals surface area (Å²) in [6.07, 6.45) is 4.05. The summed E-state index contributed by atoms with van der Waals surface area (Å²) in [7, 11) is 0. The van der Waals surface area contributed by atoms with E-state index >= 15 is 0 Å². The minimum atomic E-state index is -0.203. The molecule has 1 atom stereocenters. The van der Waals surface area contributed by atoms with Crippen LogP contribution >= 0.6 is 11.3 Å². The lowest BCUT2D eigenvalue weighted by molar-refractivity contribution is 0.0876. The Morgan fingerprint density at radius 2 is 1.96 bits per heavy atom. The van der Waals surface area contributed by atoms with E-state index in [1.807, 2.05) is 0 Å². The quantitative estimate of drug-likeness (QED) is 0.847. The van der Waals surface area contributed by atoms with E-state index in [1.165, 1.54) is 37.9 Å². The lowest BCUT2D eigenvalue weighted by Gasteiger charge is -2.49. The predicted molar refractivity (Wildman–Crippen MR) is 93.5 cm³/mol. The fourth-order valence-corrected chi connectivity index (χ4v) is 4.50. The third-order valence-corrected chi connectivity index (χ3v) is 5.99. The maximum absolute atomic E-state index is 13.0. The molecule has 2 aliphatic rings. The first-order valence-electron chi connectivity index (χ1n) is 8.43. The number of hydrogen-bond acceptors (Lipinski definition) is 4. The van der Waals surface area contributed by atoms with Gasteiger partial charge in [-0.15, -0.1) is 11.3 Å². The number of thiazole rings is 1. The van der Waals surface area contributed by atoms with Crippen molar-refractivity contribution in [2.75, 3.05) is 24.5 Å². The normalized spacial score (nSPS) is 23.0. The van der Waals surface area contributed by atoms with Crippen molar-refractivity contribution in [1.29, 1.82) is 0 Å². The van der Waals surface area contributed by atoms with Crippen molar-refractivity contribution in [1.82, 2.24) is 9.88 Å². The minimum Gasteiger partial charge on any atom is -0.345 e. The van der Waals surface area contributed by atoms with Gasteiger partial charge in [0.15, 0.2) is 5.13 Å². The van der Waals surface area contributed by atoms with Crippen LogP contribution in [-0.4, -0.2) is 41.6 Å². The number of nitrogens with zero attached hydrogens (tertiary/aromatic N) is 3. The topological polar surface area (TPSA) is 19.4 Å². The molecule has 122 valence electrons. The van der Waals surface area contributed by atoms with Crippen molar-refractivity contribution < 1.29 is 4.39 Å². The first-order valence-corrected chi connectivity index (χ1v) is 9.31. The molecule has 4 rings (SSSR count). The van der Waals surface area contributed by atoms with E-state index in [0.717, 1.165) is 35.5 Å². The number of hydrogen-bond donors (Lipinski definition) is 0. The molecule has 2 aromatic rings. The molecule has 1 aromatic carbocycles. The molecule has 5 heteroatoms. The monoisotopic (exact) mass is 331 g/mol. The standard InChI is InChI=1S/C18H22FN3S/c1-13-4-2-3-9-22(13)16-10-21(11-16)18-20-17(12-23-18)14-5-7-15(19)8-6-14/h5-8,12-13,16H,2-4,9-11H2,1H3/t13-/m1/s1. The third kappa shape index (κ3) is 3.00. The molecule has 0 bridgehead atoms. The van der Waals surface area contributed by atoms with Gasteiger partial charge in [-0.25, -0.2) is 9.37 Å². The first kappa shape index (κ1) is 15.1. The van der Waals surface area contributed by atoms with Crippen LogP contribution in [0.15, 0.2) is 29.6 Å². The van der Waals surface area contributed by atoms with Crippen molar-refractivity contribution in [2.24, 2.45) is 0 Å². The fourth-order valence-electron chi connectivity index (χ4n) is 3.65. The highest BCUT2D eigenvalue weighted by molar-refractivity contribution is 7.14. The number of likely N-dealkylation sites (tertiary alicyclic amines) is 1. The van der Waals surface area contributed by atoms with E-state index < -0.39 is 0 Å². The maximum Gasteiger partial charge on any atom is 0.185 e. The van der Waals surface area contributed by atoms with Crippen LogP contribution in [0.3, 0.4) is 0 Å². The Kier molecular flexibility index (Phi) is 4.07. The van der Waals surface area contributed by atoms with E-state index in [2.05, 4.69) is 22.1 Å². The molecule has 0 N–H and O–H groups in total. The average molecular weight is 331 g/mol. The smallest absolute Gasteiger partial charge is 0.185 e. The van der Waals surface area contributed by atoms with Gasteiger partial charge < -0.3 is 4.90 Å². The molecule has 2 aliphatic heterocycles. The Morgan fingerprint density at radius 1 is 1.17 bits per heavy atom. The Hall–Kier alpha value is -1.46. The summed E-state index contributed by atoms with van der Waals surface area (Å²) in [6.45, 7) is 5.78. The molecule has 23 heavy (non-hydrogen) atoms. The van der Waals surface area contributed by atoms with E-state index in [-0.39, 0.29) is 5.82 Å². The number of aromatic nitrogens is 1. The van der Waals surface area contributed by atoms with Crippen LogP contribution < -0.4 is 4.90 Å². The van der Waals surface area contributed by atoms with Crippen molar-refractivity contribution in [3.05, 3.63) is 35.5 Å². The molecule has 3 heterocycles. The van der Waals surface area contributed by atoms with Gasteiger partial charge in [0.1, 0.15) is 5.82 Å². The van der Waals surface area contributed by atoms with Gasteiger partial charge in [-0.2, -0.15) is 0 Å². The van der Waals surface area contributed by atoms with Crippen LogP contribution in [0.4, 0.5) is 9.52 Å². The van der Waals surface area contributed by atoms with E-state index in [1.54, 1.807) is 23.5 Å². The molecule has 1 aromatic heterocycles. The van der Waals surface area contributed by atoms with Crippen LogP contribution in [-0.2, 0) is 0 Å². The summed E-state index contributed by atoms with van der Waals surface area (Å²) in [6, 6.07) is 7.98. The molecule has 0 amide bonds. The number of halogens is 1. The maximum atomic E-state index is 13.0. The second kappa shape index (κ2) is 6.21. The largest absolute Gasteiger partial charge is 0.345 e. The highest BCUT2D eigenvalue weighted by atomic mass is 32.1. The predicted octanol–water partition coefficient (Wildman–Crippen LogP) is 4.01. The summed E-state index contributed by atoms with van der Waals surface area (Å²) in [5, 5.41) is 3.16. The lowest BCUT2D eigenvalue weighted by atomic mass is 9.98. The first-order chi connectivity index (χ1) is 11.2. The van der Waals surface area contributed by atoms with E-state index in [4.69, 9.17) is 4.98 Å². The molecule has 3 nitrogen and oxygen atoms in total. The van der Waals surface area contributed by atoms with Gasteiger partial charge in [0.05, 0.1) is 5.69 Å². The van der Waals surface area contributed by atoms with Crippen LogP contribution in [0.2, 0.25) is 0 Å². The summed E-state index contributed by atoms with van der Waals surface area (Å²) < 4.78 is 13.0. The lowest BCUT2D eigenvalue weighted by Crippen LogP contribution is -2.62. The van der Waals surface area contributed by atoms with Crippen molar-refractivity contribution in [2.45, 2.75) is 38.3 Å². The van der Waals surface area contributed by atoms with Gasteiger partial charge in [-0.1, -0.05) is 6.42 Å². The van der Waals surface area contributed by atoms with Gasteiger partial charge in [-0.05, 0) is 50.6 Å². The molecule has 0 radical (unpaired) electrons. The molecule has 2 fully saturated rings. The summed E-state index contributed by atoms with van der Waals surface area (Å²) in [5.41, 5.74) is 1.93. The second-order valence-corrected chi connectivity index (χ2v) is 7.50. The van der Waals surface area contributed by atoms with E-state index in [9.17, 15) is 4.39 Å². The Morgan fingerprint density at radius 3 is 2.70 bits per heavy atom. The Balaban J connectivity index is 1.40. The van der Waals surface area contributed by atoms with E-state index in [0.29, 0.717) is 6.04 Å². The molecule has 0 unspecified atom stereocenters. The second-order valence-electron chi connectivity index (χ2n) is 6.66. The van der Waals surface area contributed by atoms with Gasteiger partial charge in [-0.3, -0.25) is 4.90 Å². The highest BCUT2D eigenvalue weighted by Gasteiger charge is 2.36. The number of rotatable bonds is 3. The Bertz CT molecular complexity index is 663. The third-order valence-electron chi connectivity index (χ3n) is 5.09. The van der Waals surface area contributed by atoms with Gasteiger partial charge in [0.2, 0.25) is 0 Å². The van der Waals surface area contributed by atoms with Crippen molar-refractivity contribution in [3.8, 4) is 11.3 Å². The molecular formula is C18H22FN3S. The highest BCUT2D eigenvalue weighted by Crippen LogP contribution is 2.32. The van der Waals surface area contributed by atoms with Crippen LogP contribution in [0.1, 0.15) is 26.2 Å². The zero-order valence-corrected chi connectivity index (χ0v) is 14.2. The zero-order valence-electron chi connectivity index (χ0n) is 13.4. The van der Waals surface area contributed by atoms with Gasteiger partial charge in [0.25, 0.3) is 0 Å². The van der Waals surface area contributed by atoms with Crippen molar-refractivity contribution >= 4 is 16.5 Å². The minimum absolute atomic E-state index is 0.203. The van der Waals surface area contributed by atoms with Crippen molar-refractivity contribution in [3.63, 3.8) is 0 Å². The molecule has 0 spiro atoms. The summed E-state index contributed by atoms with van der Waals surface area (Å²) in [4.78, 5) is 9.77. The zero-order chi connectivity index (χ0) is 15.8. The Labute approximate surface area is 140 Å². The molecule has 0 saturated carbocycles. The summed E-state index contributed by atoms with van der Waals surface area (Å²) in [5.74, 6) is -0.203. The summed E-state index contributed by atoms with van der Waals surface area (Å²) >= 11 is 1.68. The molecule has 0 aliphatic carbocycles. The molecular weight excluding hydrogens is 309 g/mol. The van der Waals surface area contributed by atoms with Crippen LogP contribution in [0.5, 0.6) is 0 Å². The number of piperidine rings is 1. The SMILES string of the molecule is C[C@@H]1CCCCN1C1CN(c2nc(-c3ccc(F)cc3)cs2)C1. The average Bonchev–Trinajstić information content (AvgIpc) is 2.98. The molecule has 2 saturated heterocycles. The fraction of sp³-hybridized carbons (Fsp3) is 0.500. The number of anilines is 1. The van der Waals surface area contributed by atoms with Crippen LogP contribution in [0, 0.1) is 5.82 Å². The van der Waals surface area contributed by atoms with Gasteiger partial charge >= 0.3 is 0 Å². The van der Waals surface area contributed by atoms with Gasteiger partial charge in [0, 0.05) is 36.1 Å². The number of benzene rings is 1. The van der Waals surface area contributed by atoms with Crippen LogP contribution in [0.25, 0.3) is 11.3 Å².